The molecule has 26 heavy (non-hydrogen) atoms. The predicted octanol–water partition coefficient (Wildman–Crippen LogP) is 3.55. The van der Waals surface area contributed by atoms with Crippen LogP contribution in [0.2, 0.25) is 0 Å². The first-order chi connectivity index (χ1) is 12.7. The summed E-state index contributed by atoms with van der Waals surface area (Å²) in [5, 5.41) is 3.42. The molecule has 0 saturated carbocycles. The van der Waals surface area contributed by atoms with E-state index in [0.717, 1.165) is 44.4 Å². The summed E-state index contributed by atoms with van der Waals surface area (Å²) in [5.74, 6) is 2.36. The first-order valence-corrected chi connectivity index (χ1v) is 10.8. The van der Waals surface area contributed by atoms with Gasteiger partial charge in [-0.25, -0.2) is 4.39 Å². The zero-order chi connectivity index (χ0) is 18.8. The van der Waals surface area contributed by atoms with E-state index in [-0.39, 0.29) is 5.82 Å². The van der Waals surface area contributed by atoms with E-state index in [1.807, 2.05) is 12.1 Å². The SMILES string of the molecule is CCNC(=NCCSc1ccccc1F)N1CCC(CN(CC)CC)C1. The van der Waals surface area contributed by atoms with Crippen LogP contribution in [0.3, 0.4) is 0 Å². The second-order valence-electron chi connectivity index (χ2n) is 6.60. The van der Waals surface area contributed by atoms with E-state index in [0.29, 0.717) is 17.4 Å². The maximum Gasteiger partial charge on any atom is 0.193 e. The largest absolute Gasteiger partial charge is 0.357 e. The number of nitrogens with zero attached hydrogens (tertiary/aromatic N) is 3. The minimum atomic E-state index is -0.146. The number of likely N-dealkylation sites (tertiary alicyclic amines) is 1. The van der Waals surface area contributed by atoms with Gasteiger partial charge in [0, 0.05) is 36.8 Å². The quantitative estimate of drug-likeness (QED) is 0.307. The lowest BCUT2D eigenvalue weighted by Crippen LogP contribution is -2.41. The molecule has 2 rings (SSSR count). The number of nitrogens with one attached hydrogen (secondary N) is 1. The lowest BCUT2D eigenvalue weighted by atomic mass is 10.1. The fourth-order valence-corrected chi connectivity index (χ4v) is 4.10. The summed E-state index contributed by atoms with van der Waals surface area (Å²) >= 11 is 1.53. The fraction of sp³-hybridized carbons (Fsp3) is 0.650. The number of thioether (sulfide) groups is 1. The summed E-state index contributed by atoms with van der Waals surface area (Å²) in [4.78, 5) is 10.4. The smallest absolute Gasteiger partial charge is 0.193 e. The van der Waals surface area contributed by atoms with Crippen LogP contribution in [0.4, 0.5) is 4.39 Å². The van der Waals surface area contributed by atoms with Crippen molar-refractivity contribution in [1.82, 2.24) is 15.1 Å². The molecule has 146 valence electrons. The Kier molecular flexibility index (Phi) is 9.26. The molecule has 1 aliphatic heterocycles. The number of guanidine groups is 1. The van der Waals surface area contributed by atoms with Crippen molar-refractivity contribution in [2.45, 2.75) is 32.1 Å². The third-order valence-electron chi connectivity index (χ3n) is 4.78. The predicted molar refractivity (Wildman–Crippen MR) is 111 cm³/mol. The lowest BCUT2D eigenvalue weighted by molar-refractivity contribution is 0.255. The van der Waals surface area contributed by atoms with Gasteiger partial charge in [-0.15, -0.1) is 11.8 Å². The van der Waals surface area contributed by atoms with Gasteiger partial charge in [-0.2, -0.15) is 0 Å². The van der Waals surface area contributed by atoms with Crippen molar-refractivity contribution in [3.63, 3.8) is 0 Å². The summed E-state index contributed by atoms with van der Waals surface area (Å²) in [6.07, 6.45) is 1.23. The molecule has 0 aromatic heterocycles. The molecule has 6 heteroatoms. The Bertz CT molecular complexity index is 562. The van der Waals surface area contributed by atoms with E-state index in [1.54, 1.807) is 6.07 Å². The van der Waals surface area contributed by atoms with Gasteiger partial charge in [-0.05, 0) is 44.5 Å². The average Bonchev–Trinajstić information content (AvgIpc) is 3.12. The minimum absolute atomic E-state index is 0.146. The Morgan fingerprint density at radius 1 is 1.31 bits per heavy atom. The molecule has 0 aliphatic carbocycles. The first kappa shape index (κ1) is 21.0. The molecular formula is C20H33FN4S. The number of hydrogen-bond donors (Lipinski definition) is 1. The Hall–Kier alpha value is -1.27. The highest BCUT2D eigenvalue weighted by Gasteiger charge is 2.25. The van der Waals surface area contributed by atoms with Crippen molar-refractivity contribution in [1.29, 1.82) is 0 Å². The molecule has 0 bridgehead atoms. The van der Waals surface area contributed by atoms with Crippen LogP contribution in [0.1, 0.15) is 27.2 Å². The zero-order valence-electron chi connectivity index (χ0n) is 16.4. The summed E-state index contributed by atoms with van der Waals surface area (Å²) < 4.78 is 13.7. The third-order valence-corrected chi connectivity index (χ3v) is 5.81. The maximum atomic E-state index is 13.7. The molecule has 1 fully saturated rings. The van der Waals surface area contributed by atoms with Gasteiger partial charge in [0.05, 0.1) is 6.54 Å². The Balaban J connectivity index is 1.83. The van der Waals surface area contributed by atoms with Crippen LogP contribution in [-0.2, 0) is 0 Å². The minimum Gasteiger partial charge on any atom is -0.357 e. The topological polar surface area (TPSA) is 30.9 Å². The van der Waals surface area contributed by atoms with Crippen LogP contribution in [-0.4, -0.2) is 67.3 Å². The van der Waals surface area contributed by atoms with Gasteiger partial charge >= 0.3 is 0 Å². The van der Waals surface area contributed by atoms with Gasteiger partial charge in [-0.1, -0.05) is 26.0 Å². The van der Waals surface area contributed by atoms with Gasteiger partial charge in [0.25, 0.3) is 0 Å². The first-order valence-electron chi connectivity index (χ1n) is 9.80. The van der Waals surface area contributed by atoms with E-state index >= 15 is 0 Å². The van der Waals surface area contributed by atoms with E-state index in [9.17, 15) is 4.39 Å². The molecule has 1 N–H and O–H groups in total. The summed E-state index contributed by atoms with van der Waals surface area (Å²) in [5.41, 5.74) is 0. The van der Waals surface area contributed by atoms with Gasteiger partial charge in [0.1, 0.15) is 5.82 Å². The molecular weight excluding hydrogens is 347 g/mol. The van der Waals surface area contributed by atoms with Gasteiger partial charge < -0.3 is 15.1 Å². The zero-order valence-corrected chi connectivity index (χ0v) is 17.2. The van der Waals surface area contributed by atoms with Crippen LogP contribution >= 0.6 is 11.8 Å². The number of hydrogen-bond acceptors (Lipinski definition) is 3. The molecule has 1 unspecified atom stereocenters. The van der Waals surface area contributed by atoms with Gasteiger partial charge in [-0.3, -0.25) is 4.99 Å². The molecule has 0 spiro atoms. The molecule has 1 heterocycles. The van der Waals surface area contributed by atoms with Crippen LogP contribution in [0, 0.1) is 11.7 Å². The van der Waals surface area contributed by atoms with Crippen LogP contribution in [0.25, 0.3) is 0 Å². The van der Waals surface area contributed by atoms with Crippen LogP contribution < -0.4 is 5.32 Å². The van der Waals surface area contributed by atoms with E-state index in [1.165, 1.54) is 30.8 Å². The highest BCUT2D eigenvalue weighted by Crippen LogP contribution is 2.21. The van der Waals surface area contributed by atoms with Crippen molar-refractivity contribution < 1.29 is 4.39 Å². The summed E-state index contributed by atoms with van der Waals surface area (Å²) in [6, 6.07) is 6.94. The highest BCUT2D eigenvalue weighted by molar-refractivity contribution is 7.99. The van der Waals surface area contributed by atoms with Gasteiger partial charge in [0.2, 0.25) is 0 Å². The standard InChI is InChI=1S/C20H33FN4S/c1-4-22-20(23-12-14-26-19-10-8-7-9-18(19)21)25-13-11-17(16-25)15-24(5-2)6-3/h7-10,17H,4-6,11-16H2,1-3H3,(H,22,23). The molecule has 0 amide bonds. The second-order valence-corrected chi connectivity index (χ2v) is 7.74. The number of rotatable bonds is 9. The van der Waals surface area contributed by atoms with E-state index in [2.05, 4.69) is 35.9 Å². The van der Waals surface area contributed by atoms with E-state index < -0.39 is 0 Å². The molecule has 1 aliphatic rings. The van der Waals surface area contributed by atoms with E-state index in [4.69, 9.17) is 4.99 Å². The van der Waals surface area contributed by atoms with Crippen molar-refractivity contribution in [2.24, 2.45) is 10.9 Å². The monoisotopic (exact) mass is 380 g/mol. The molecule has 1 atom stereocenters. The fourth-order valence-electron chi connectivity index (χ4n) is 3.32. The maximum absolute atomic E-state index is 13.7. The summed E-state index contributed by atoms with van der Waals surface area (Å²) in [7, 11) is 0. The normalized spacial score (nSPS) is 18.0. The van der Waals surface area contributed by atoms with Crippen molar-refractivity contribution in [2.75, 3.05) is 51.6 Å². The van der Waals surface area contributed by atoms with Crippen LogP contribution in [0.15, 0.2) is 34.2 Å². The van der Waals surface area contributed by atoms with Crippen molar-refractivity contribution in [3.05, 3.63) is 30.1 Å². The molecule has 1 saturated heterocycles. The molecule has 4 nitrogen and oxygen atoms in total. The van der Waals surface area contributed by atoms with Crippen LogP contribution in [0.5, 0.6) is 0 Å². The third kappa shape index (κ3) is 6.47. The average molecular weight is 381 g/mol. The van der Waals surface area contributed by atoms with Crippen molar-refractivity contribution in [3.8, 4) is 0 Å². The lowest BCUT2D eigenvalue weighted by Gasteiger charge is -2.24. The number of halogens is 1. The number of benzene rings is 1. The molecule has 1 aromatic rings. The molecule has 0 radical (unpaired) electrons. The Morgan fingerprint density at radius 3 is 2.77 bits per heavy atom. The Morgan fingerprint density at radius 2 is 2.08 bits per heavy atom. The second kappa shape index (κ2) is 11.4. The van der Waals surface area contributed by atoms with Crippen molar-refractivity contribution >= 4 is 17.7 Å². The highest BCUT2D eigenvalue weighted by atomic mass is 32.2. The van der Waals surface area contributed by atoms with Gasteiger partial charge in [0.15, 0.2) is 5.96 Å². The molecule has 1 aromatic carbocycles. The summed E-state index contributed by atoms with van der Waals surface area (Å²) in [6.45, 7) is 13.7. The Labute approximate surface area is 162 Å². The number of aliphatic imine (C=N–C) groups is 1.